The van der Waals surface area contributed by atoms with Crippen LogP contribution in [0.2, 0.25) is 0 Å². The number of hydrogen-bond acceptors (Lipinski definition) is 9. The molecule has 38 heavy (non-hydrogen) atoms. The van der Waals surface area contributed by atoms with E-state index in [9.17, 15) is 9.90 Å². The van der Waals surface area contributed by atoms with E-state index >= 15 is 0 Å². The highest BCUT2D eigenvalue weighted by Crippen LogP contribution is 2.28. The number of rotatable bonds is 8. The molecule has 10 nitrogen and oxygen atoms in total. The van der Waals surface area contributed by atoms with Crippen molar-refractivity contribution in [3.8, 4) is 11.4 Å². The van der Waals surface area contributed by atoms with Crippen LogP contribution in [0, 0.1) is 0 Å². The van der Waals surface area contributed by atoms with Crippen LogP contribution in [0.5, 0.6) is 0 Å². The SMILES string of the molecule is C[C@@H]1CN(c2cccc(-c3csc(NC(=S)[C@H](CO)NC(=O)c4ccn(C5(C)COC5)c4)n3)n2)C[C@H](C)O1. The van der Waals surface area contributed by atoms with E-state index in [1.165, 1.54) is 11.3 Å². The van der Waals surface area contributed by atoms with Crippen LogP contribution < -0.4 is 15.5 Å². The second-order valence-electron chi connectivity index (χ2n) is 10.1. The van der Waals surface area contributed by atoms with Gasteiger partial charge in [-0.25, -0.2) is 9.97 Å². The molecule has 0 unspecified atom stereocenters. The molecule has 0 saturated carbocycles. The van der Waals surface area contributed by atoms with Gasteiger partial charge in [-0.05, 0) is 39.0 Å². The highest BCUT2D eigenvalue weighted by molar-refractivity contribution is 7.80. The Hall–Kier alpha value is -2.90. The molecule has 3 atom stereocenters. The number of aromatic nitrogens is 3. The van der Waals surface area contributed by atoms with E-state index in [-0.39, 0.29) is 35.2 Å². The van der Waals surface area contributed by atoms with Crippen molar-refractivity contribution in [2.24, 2.45) is 0 Å². The summed E-state index contributed by atoms with van der Waals surface area (Å²) < 4.78 is 13.1. The third kappa shape index (κ3) is 5.74. The maximum Gasteiger partial charge on any atom is 0.253 e. The van der Waals surface area contributed by atoms with Crippen molar-refractivity contribution >= 4 is 45.4 Å². The molecular formula is C26H32N6O4S2. The van der Waals surface area contributed by atoms with Crippen LogP contribution in [0.3, 0.4) is 0 Å². The number of carbonyl (C=O) groups excluding carboxylic acids is 1. The quantitative estimate of drug-likeness (QED) is 0.361. The zero-order valence-corrected chi connectivity index (χ0v) is 23.2. The zero-order valence-electron chi connectivity index (χ0n) is 21.6. The first kappa shape index (κ1) is 26.7. The second kappa shape index (κ2) is 11.1. The van der Waals surface area contributed by atoms with Gasteiger partial charge in [-0.3, -0.25) is 4.79 Å². The summed E-state index contributed by atoms with van der Waals surface area (Å²) in [6.45, 7) is 8.65. The molecule has 5 rings (SSSR count). The summed E-state index contributed by atoms with van der Waals surface area (Å²) >= 11 is 6.88. The fourth-order valence-electron chi connectivity index (χ4n) is 4.60. The zero-order chi connectivity index (χ0) is 26.9. The number of nitrogens with one attached hydrogen (secondary N) is 2. The van der Waals surface area contributed by atoms with Crippen molar-refractivity contribution in [2.75, 3.05) is 43.1 Å². The van der Waals surface area contributed by atoms with E-state index < -0.39 is 6.04 Å². The smallest absolute Gasteiger partial charge is 0.253 e. The Morgan fingerprint density at radius 2 is 2.00 bits per heavy atom. The minimum absolute atomic E-state index is 0.137. The molecule has 2 fully saturated rings. The Balaban J connectivity index is 1.21. The molecular weight excluding hydrogens is 524 g/mol. The summed E-state index contributed by atoms with van der Waals surface area (Å²) in [4.78, 5) is 24.8. The molecule has 0 spiro atoms. The third-order valence-electron chi connectivity index (χ3n) is 6.68. The van der Waals surface area contributed by atoms with Crippen LogP contribution in [0.15, 0.2) is 42.0 Å². The summed E-state index contributed by atoms with van der Waals surface area (Å²) in [5.41, 5.74) is 1.83. The van der Waals surface area contributed by atoms with Gasteiger partial charge in [-0.15, -0.1) is 11.3 Å². The molecule has 5 heterocycles. The largest absolute Gasteiger partial charge is 0.394 e. The Morgan fingerprint density at radius 3 is 2.68 bits per heavy atom. The number of nitrogens with zero attached hydrogens (tertiary/aromatic N) is 4. The fraction of sp³-hybridized carbons (Fsp3) is 0.462. The van der Waals surface area contributed by atoms with Crippen LogP contribution in [0.25, 0.3) is 11.4 Å². The minimum Gasteiger partial charge on any atom is -0.394 e. The maximum absolute atomic E-state index is 12.8. The number of carbonyl (C=O) groups is 1. The Kier molecular flexibility index (Phi) is 7.78. The van der Waals surface area contributed by atoms with Gasteiger partial charge in [0.1, 0.15) is 22.5 Å². The van der Waals surface area contributed by atoms with E-state index in [2.05, 4.69) is 41.3 Å². The topological polar surface area (TPSA) is 114 Å². The van der Waals surface area contributed by atoms with Crippen LogP contribution in [-0.2, 0) is 15.0 Å². The minimum atomic E-state index is -0.762. The average molecular weight is 557 g/mol. The molecule has 0 bridgehead atoms. The van der Waals surface area contributed by atoms with E-state index in [0.717, 1.165) is 30.3 Å². The van der Waals surface area contributed by atoms with Gasteiger partial charge in [0.25, 0.3) is 5.91 Å². The molecule has 3 aromatic heterocycles. The average Bonchev–Trinajstić information content (AvgIpc) is 3.56. The molecule has 1 amide bonds. The lowest BCUT2D eigenvalue weighted by Gasteiger charge is -2.39. The monoisotopic (exact) mass is 556 g/mol. The van der Waals surface area contributed by atoms with Crippen LogP contribution in [0.1, 0.15) is 31.1 Å². The number of anilines is 2. The molecule has 12 heteroatoms. The molecule has 2 aliphatic rings. The number of aliphatic hydroxyl groups is 1. The first-order valence-corrected chi connectivity index (χ1v) is 13.8. The number of thiazole rings is 1. The maximum atomic E-state index is 12.8. The van der Waals surface area contributed by atoms with Gasteiger partial charge in [-0.1, -0.05) is 18.3 Å². The molecule has 0 aliphatic carbocycles. The van der Waals surface area contributed by atoms with Crippen molar-refractivity contribution in [3.63, 3.8) is 0 Å². The van der Waals surface area contributed by atoms with Gasteiger partial charge in [-0.2, -0.15) is 0 Å². The van der Waals surface area contributed by atoms with Gasteiger partial charge in [0.05, 0.1) is 48.8 Å². The number of ether oxygens (including phenoxy) is 2. The van der Waals surface area contributed by atoms with Gasteiger partial charge in [0.15, 0.2) is 5.13 Å². The molecule has 3 aromatic rings. The van der Waals surface area contributed by atoms with E-state index in [1.807, 2.05) is 34.3 Å². The normalized spacial score (nSPS) is 21.4. The second-order valence-corrected chi connectivity index (χ2v) is 11.4. The first-order valence-electron chi connectivity index (χ1n) is 12.6. The first-order chi connectivity index (χ1) is 18.2. The summed E-state index contributed by atoms with van der Waals surface area (Å²) in [7, 11) is 0. The molecule has 0 aromatic carbocycles. The molecule has 0 radical (unpaired) electrons. The number of hydrogen-bond donors (Lipinski definition) is 3. The highest BCUT2D eigenvalue weighted by Gasteiger charge is 2.35. The van der Waals surface area contributed by atoms with Crippen molar-refractivity contribution in [1.29, 1.82) is 0 Å². The van der Waals surface area contributed by atoms with Gasteiger partial charge < -0.3 is 34.7 Å². The number of aliphatic hydroxyl groups excluding tert-OH is 1. The fourth-order valence-corrected chi connectivity index (χ4v) is 5.61. The van der Waals surface area contributed by atoms with Crippen molar-refractivity contribution < 1.29 is 19.4 Å². The van der Waals surface area contributed by atoms with E-state index in [1.54, 1.807) is 12.3 Å². The van der Waals surface area contributed by atoms with Crippen molar-refractivity contribution in [3.05, 3.63) is 47.6 Å². The third-order valence-corrected chi connectivity index (χ3v) is 7.83. The number of morpholine rings is 1. The lowest BCUT2D eigenvalue weighted by atomic mass is 10.0. The lowest BCUT2D eigenvalue weighted by Crippen LogP contribution is -2.48. The summed E-state index contributed by atoms with van der Waals surface area (Å²) in [6.07, 6.45) is 3.93. The Labute approximate surface area is 231 Å². The standard InChI is InChI=1S/C26H32N6O4S2/c1-16-9-31(10-17(2)36-16)22-6-4-5-19(27-22)21-13-38-25(29-21)30-24(37)20(12-33)28-23(34)18-7-8-32(11-18)26(3)14-35-15-26/h4-8,11,13,16-17,20,33H,9-10,12,14-15H2,1-3H3,(H,28,34)(H,29,30,37)/t16-,17+,20-/m0/s1. The number of pyridine rings is 1. The van der Waals surface area contributed by atoms with Crippen molar-refractivity contribution in [1.82, 2.24) is 19.9 Å². The van der Waals surface area contributed by atoms with Crippen LogP contribution >= 0.6 is 23.6 Å². The highest BCUT2D eigenvalue weighted by atomic mass is 32.1. The number of amides is 1. The number of thiocarbonyl (C=S) groups is 1. The molecule has 2 aliphatic heterocycles. The lowest BCUT2D eigenvalue weighted by molar-refractivity contribution is -0.0895. The van der Waals surface area contributed by atoms with Gasteiger partial charge >= 0.3 is 0 Å². The van der Waals surface area contributed by atoms with Crippen LogP contribution in [-0.4, -0.2) is 81.7 Å². The summed E-state index contributed by atoms with van der Waals surface area (Å²) in [5, 5.41) is 18.3. The Bertz CT molecular complexity index is 1300. The summed E-state index contributed by atoms with van der Waals surface area (Å²) in [6, 6.07) is 6.88. The Morgan fingerprint density at radius 1 is 1.24 bits per heavy atom. The van der Waals surface area contributed by atoms with E-state index in [0.29, 0.717) is 23.9 Å². The summed E-state index contributed by atoms with van der Waals surface area (Å²) in [5.74, 6) is 0.571. The van der Waals surface area contributed by atoms with Gasteiger partial charge in [0.2, 0.25) is 0 Å². The van der Waals surface area contributed by atoms with Crippen molar-refractivity contribution in [2.45, 2.75) is 44.6 Å². The predicted molar refractivity (Wildman–Crippen MR) is 151 cm³/mol. The molecule has 202 valence electrons. The molecule has 3 N–H and O–H groups in total. The molecule has 2 saturated heterocycles. The van der Waals surface area contributed by atoms with Gasteiger partial charge in [0, 0.05) is 30.9 Å². The van der Waals surface area contributed by atoms with Crippen LogP contribution in [0.4, 0.5) is 10.9 Å². The van der Waals surface area contributed by atoms with E-state index in [4.69, 9.17) is 26.7 Å². The predicted octanol–water partition coefficient (Wildman–Crippen LogP) is 2.90.